The molecule has 62 valence electrons. The van der Waals surface area contributed by atoms with Crippen molar-refractivity contribution in [3.8, 4) is 0 Å². The predicted molar refractivity (Wildman–Crippen MR) is 37.7 cm³/mol. The van der Waals surface area contributed by atoms with Gasteiger partial charge in [-0.1, -0.05) is 5.16 Å². The molecule has 1 aromatic heterocycles. The Morgan fingerprint density at radius 3 is 3.18 bits per heavy atom. The zero-order chi connectivity index (χ0) is 8.10. The molecule has 0 aromatic carbocycles. The monoisotopic (exact) mass is 157 g/mol. The molecule has 5 nitrogen and oxygen atoms in total. The molecule has 1 atom stereocenters. The van der Waals surface area contributed by atoms with Crippen LogP contribution in [0.25, 0.3) is 0 Å². The Bertz CT molecular complexity index is 188. The maximum atomic E-state index is 5.65. The highest BCUT2D eigenvalue weighted by Gasteiger charge is 2.10. The third-order valence-electron chi connectivity index (χ3n) is 1.33. The lowest BCUT2D eigenvalue weighted by Gasteiger charge is -2.03. The lowest BCUT2D eigenvalue weighted by molar-refractivity contribution is 0.182. The Hall–Kier alpha value is -0.940. The average molecular weight is 157 g/mol. The molecular weight excluding hydrogens is 146 g/mol. The van der Waals surface area contributed by atoms with Crippen molar-refractivity contribution >= 4 is 0 Å². The molecule has 1 unspecified atom stereocenters. The molecule has 0 fully saturated rings. The standard InChI is InChI=1S/C6H11N3O2/c1-10-3-2-5(7)6-8-4-9-11-6/h4-5H,2-3,7H2,1H3. The van der Waals surface area contributed by atoms with Gasteiger partial charge in [0.2, 0.25) is 5.89 Å². The highest BCUT2D eigenvalue weighted by molar-refractivity contribution is 4.83. The summed E-state index contributed by atoms with van der Waals surface area (Å²) in [6.07, 6.45) is 2.03. The molecule has 0 saturated heterocycles. The number of hydrogen-bond donors (Lipinski definition) is 1. The summed E-state index contributed by atoms with van der Waals surface area (Å²) in [5, 5.41) is 3.44. The van der Waals surface area contributed by atoms with Gasteiger partial charge in [0.25, 0.3) is 0 Å². The van der Waals surface area contributed by atoms with Crippen molar-refractivity contribution < 1.29 is 9.26 Å². The number of nitrogens with zero attached hydrogens (tertiary/aromatic N) is 2. The van der Waals surface area contributed by atoms with Gasteiger partial charge < -0.3 is 15.0 Å². The molecule has 5 heteroatoms. The Morgan fingerprint density at radius 1 is 1.82 bits per heavy atom. The summed E-state index contributed by atoms with van der Waals surface area (Å²) in [5.74, 6) is 0.460. The van der Waals surface area contributed by atoms with Gasteiger partial charge in [-0.3, -0.25) is 0 Å². The normalized spacial score (nSPS) is 13.3. The van der Waals surface area contributed by atoms with E-state index < -0.39 is 0 Å². The van der Waals surface area contributed by atoms with E-state index in [0.29, 0.717) is 18.9 Å². The molecule has 1 aromatic rings. The summed E-state index contributed by atoms with van der Waals surface area (Å²) in [6, 6.07) is -0.211. The number of methoxy groups -OCH3 is 1. The fourth-order valence-electron chi connectivity index (χ4n) is 0.713. The van der Waals surface area contributed by atoms with Crippen molar-refractivity contribution in [2.45, 2.75) is 12.5 Å². The molecular formula is C6H11N3O2. The van der Waals surface area contributed by atoms with E-state index in [9.17, 15) is 0 Å². The van der Waals surface area contributed by atoms with Crippen LogP contribution in [0, 0.1) is 0 Å². The molecule has 0 amide bonds. The lowest BCUT2D eigenvalue weighted by Crippen LogP contribution is -2.12. The van der Waals surface area contributed by atoms with Crippen LogP contribution in [0.1, 0.15) is 18.4 Å². The van der Waals surface area contributed by atoms with Gasteiger partial charge in [-0.05, 0) is 6.42 Å². The average Bonchev–Trinajstić information content (AvgIpc) is 2.52. The number of hydrogen-bond acceptors (Lipinski definition) is 5. The molecule has 1 rings (SSSR count). The molecule has 0 radical (unpaired) electrons. The molecule has 0 aliphatic rings. The van der Waals surface area contributed by atoms with E-state index >= 15 is 0 Å². The van der Waals surface area contributed by atoms with E-state index in [1.807, 2.05) is 0 Å². The molecule has 11 heavy (non-hydrogen) atoms. The summed E-state index contributed by atoms with van der Waals surface area (Å²) in [6.45, 7) is 0.601. The summed E-state index contributed by atoms with van der Waals surface area (Å²) < 4.78 is 9.59. The Morgan fingerprint density at radius 2 is 2.64 bits per heavy atom. The van der Waals surface area contributed by atoms with Crippen LogP contribution >= 0.6 is 0 Å². The topological polar surface area (TPSA) is 74.2 Å². The lowest BCUT2D eigenvalue weighted by atomic mass is 10.2. The first-order valence-electron chi connectivity index (χ1n) is 3.35. The second-order valence-electron chi connectivity index (χ2n) is 2.17. The number of nitrogens with two attached hydrogens (primary N) is 1. The minimum atomic E-state index is -0.211. The second kappa shape index (κ2) is 4.05. The van der Waals surface area contributed by atoms with Crippen molar-refractivity contribution in [3.05, 3.63) is 12.2 Å². The van der Waals surface area contributed by atoms with E-state index in [0.717, 1.165) is 0 Å². The first kappa shape index (κ1) is 8.16. The van der Waals surface area contributed by atoms with Gasteiger partial charge in [0.15, 0.2) is 6.33 Å². The van der Waals surface area contributed by atoms with Crippen LogP contribution < -0.4 is 5.73 Å². The summed E-state index contributed by atoms with van der Waals surface area (Å²) in [7, 11) is 1.63. The molecule has 0 bridgehead atoms. The van der Waals surface area contributed by atoms with Gasteiger partial charge >= 0.3 is 0 Å². The van der Waals surface area contributed by atoms with E-state index in [4.69, 9.17) is 15.0 Å². The first-order chi connectivity index (χ1) is 5.34. The van der Waals surface area contributed by atoms with Crippen molar-refractivity contribution in [2.75, 3.05) is 13.7 Å². The minimum absolute atomic E-state index is 0.211. The third-order valence-corrected chi connectivity index (χ3v) is 1.33. The van der Waals surface area contributed by atoms with Gasteiger partial charge in [-0.2, -0.15) is 4.98 Å². The molecule has 1 heterocycles. The van der Waals surface area contributed by atoms with Crippen molar-refractivity contribution in [3.63, 3.8) is 0 Å². The highest BCUT2D eigenvalue weighted by atomic mass is 16.5. The zero-order valence-electron chi connectivity index (χ0n) is 6.36. The SMILES string of the molecule is COCCC(N)c1ncno1. The number of ether oxygens (including phenoxy) is 1. The third kappa shape index (κ3) is 2.28. The van der Waals surface area contributed by atoms with Gasteiger partial charge in [-0.25, -0.2) is 0 Å². The Balaban J connectivity index is 2.36. The largest absolute Gasteiger partial charge is 0.385 e. The van der Waals surface area contributed by atoms with Gasteiger partial charge in [0, 0.05) is 13.7 Å². The first-order valence-corrected chi connectivity index (χ1v) is 3.35. The van der Waals surface area contributed by atoms with Crippen LogP contribution in [0.5, 0.6) is 0 Å². The fraction of sp³-hybridized carbons (Fsp3) is 0.667. The number of rotatable bonds is 4. The van der Waals surface area contributed by atoms with Crippen LogP contribution in [0.3, 0.4) is 0 Å². The van der Waals surface area contributed by atoms with Gasteiger partial charge in [0.05, 0.1) is 6.04 Å². The predicted octanol–water partition coefficient (Wildman–Crippen LogP) is 0.106. The van der Waals surface area contributed by atoms with E-state index in [-0.39, 0.29) is 6.04 Å². The van der Waals surface area contributed by atoms with E-state index in [2.05, 4.69) is 10.1 Å². The van der Waals surface area contributed by atoms with E-state index in [1.165, 1.54) is 6.33 Å². The van der Waals surface area contributed by atoms with Crippen LogP contribution in [0.4, 0.5) is 0 Å². The van der Waals surface area contributed by atoms with Crippen molar-refractivity contribution in [1.82, 2.24) is 10.1 Å². The van der Waals surface area contributed by atoms with Gasteiger partial charge in [-0.15, -0.1) is 0 Å². The van der Waals surface area contributed by atoms with Crippen molar-refractivity contribution in [1.29, 1.82) is 0 Å². The van der Waals surface area contributed by atoms with Crippen LogP contribution in [0.15, 0.2) is 10.9 Å². The van der Waals surface area contributed by atoms with E-state index in [1.54, 1.807) is 7.11 Å². The zero-order valence-corrected chi connectivity index (χ0v) is 6.36. The van der Waals surface area contributed by atoms with Gasteiger partial charge in [0.1, 0.15) is 0 Å². The van der Waals surface area contributed by atoms with Crippen LogP contribution in [-0.4, -0.2) is 23.9 Å². The quantitative estimate of drug-likeness (QED) is 0.671. The maximum Gasteiger partial charge on any atom is 0.243 e. The highest BCUT2D eigenvalue weighted by Crippen LogP contribution is 2.08. The molecule has 0 saturated carbocycles. The van der Waals surface area contributed by atoms with Crippen molar-refractivity contribution in [2.24, 2.45) is 5.73 Å². The summed E-state index contributed by atoms with van der Waals surface area (Å²) >= 11 is 0. The fourth-order valence-corrected chi connectivity index (χ4v) is 0.713. The van der Waals surface area contributed by atoms with Crippen LogP contribution in [0.2, 0.25) is 0 Å². The smallest absolute Gasteiger partial charge is 0.243 e. The van der Waals surface area contributed by atoms with Crippen LogP contribution in [-0.2, 0) is 4.74 Å². The Labute approximate surface area is 64.5 Å². The summed E-state index contributed by atoms with van der Waals surface area (Å²) in [5.41, 5.74) is 5.65. The maximum absolute atomic E-state index is 5.65. The second-order valence-corrected chi connectivity index (χ2v) is 2.17. The number of aromatic nitrogens is 2. The molecule has 0 aliphatic heterocycles. The molecule has 2 N–H and O–H groups in total. The Kier molecular flexibility index (Phi) is 3.00. The minimum Gasteiger partial charge on any atom is -0.385 e. The molecule has 0 spiro atoms. The molecule has 0 aliphatic carbocycles. The summed E-state index contributed by atoms with van der Waals surface area (Å²) in [4.78, 5) is 3.81.